The summed E-state index contributed by atoms with van der Waals surface area (Å²) in [5.41, 5.74) is 2.76. The molecule has 0 saturated heterocycles. The van der Waals surface area contributed by atoms with E-state index in [1.54, 1.807) is 0 Å². The first-order valence-corrected chi connectivity index (χ1v) is 13.1. The van der Waals surface area contributed by atoms with Gasteiger partial charge in [0.25, 0.3) is 0 Å². The Bertz CT molecular complexity index is 1260. The molecule has 2 aliphatic rings. The Morgan fingerprint density at radius 2 is 1.86 bits per heavy atom. The molecule has 0 spiro atoms. The Labute approximate surface area is 216 Å². The maximum atomic E-state index is 10.6. The first-order valence-electron chi connectivity index (χ1n) is 13.1. The fraction of sp³-hybridized carbons (Fsp3) is 0.593. The fourth-order valence-electron chi connectivity index (χ4n) is 4.86. The number of aliphatic hydroxyl groups excluding tert-OH is 3. The van der Waals surface area contributed by atoms with E-state index in [1.807, 2.05) is 26.0 Å². The van der Waals surface area contributed by atoms with Gasteiger partial charge in [0.2, 0.25) is 11.8 Å². The van der Waals surface area contributed by atoms with E-state index in [4.69, 9.17) is 19.1 Å². The van der Waals surface area contributed by atoms with Crippen LogP contribution in [0.3, 0.4) is 0 Å². The van der Waals surface area contributed by atoms with Gasteiger partial charge in [-0.3, -0.25) is 0 Å². The van der Waals surface area contributed by atoms with Crippen LogP contribution >= 0.6 is 0 Å². The molecule has 0 bridgehead atoms. The van der Waals surface area contributed by atoms with Crippen molar-refractivity contribution in [2.75, 3.05) is 30.4 Å². The van der Waals surface area contributed by atoms with Gasteiger partial charge in [0.1, 0.15) is 17.7 Å². The predicted octanol–water partition coefficient (Wildman–Crippen LogP) is 3.27. The van der Waals surface area contributed by atoms with Gasteiger partial charge in [0, 0.05) is 30.5 Å². The third-order valence-electron chi connectivity index (χ3n) is 7.15. The summed E-state index contributed by atoms with van der Waals surface area (Å²) in [5, 5.41) is 38.1. The Morgan fingerprint density at radius 1 is 1.08 bits per heavy atom. The smallest absolute Gasteiger partial charge is 0.224 e. The van der Waals surface area contributed by atoms with Gasteiger partial charge in [-0.2, -0.15) is 4.98 Å². The van der Waals surface area contributed by atoms with Crippen LogP contribution in [0.5, 0.6) is 5.88 Å². The maximum Gasteiger partial charge on any atom is 0.224 e. The average Bonchev–Trinajstić information content (AvgIpc) is 3.53. The predicted molar refractivity (Wildman–Crippen MR) is 141 cm³/mol. The van der Waals surface area contributed by atoms with Crippen molar-refractivity contribution in [1.82, 2.24) is 15.0 Å². The van der Waals surface area contributed by atoms with Crippen molar-refractivity contribution >= 4 is 22.7 Å². The molecular weight excluding hydrogens is 474 g/mol. The van der Waals surface area contributed by atoms with Gasteiger partial charge in [-0.15, -0.1) is 0 Å². The number of ether oxygens (including phenoxy) is 1. The molecule has 37 heavy (non-hydrogen) atoms. The van der Waals surface area contributed by atoms with E-state index in [0.717, 1.165) is 17.6 Å². The second-order valence-corrected chi connectivity index (χ2v) is 10.9. The summed E-state index contributed by atoms with van der Waals surface area (Å²) in [6.07, 6.45) is 0.779. The molecule has 10 nitrogen and oxygen atoms in total. The summed E-state index contributed by atoms with van der Waals surface area (Å²) in [7, 11) is 0. The molecule has 0 aliphatic heterocycles. The molecule has 2 saturated carbocycles. The van der Waals surface area contributed by atoms with Gasteiger partial charge < -0.3 is 35.1 Å². The van der Waals surface area contributed by atoms with Crippen LogP contribution in [-0.4, -0.2) is 68.3 Å². The number of fused-ring (bicyclic) bond motifs is 1. The number of rotatable bonds is 10. The van der Waals surface area contributed by atoms with E-state index >= 15 is 0 Å². The number of hydrogen-bond donors (Lipinski definition) is 5. The number of nitrogens with zero attached hydrogens (tertiary/aromatic N) is 3. The molecule has 0 unspecified atom stereocenters. The highest BCUT2D eigenvalue weighted by atomic mass is 16.5. The highest BCUT2D eigenvalue weighted by molar-refractivity contribution is 5.88. The quantitative estimate of drug-likeness (QED) is 0.275. The highest BCUT2D eigenvalue weighted by Gasteiger charge is 2.41. The van der Waals surface area contributed by atoms with Gasteiger partial charge in [-0.05, 0) is 51.0 Å². The van der Waals surface area contributed by atoms with E-state index in [1.165, 1.54) is 12.8 Å². The molecule has 5 rings (SSSR count). The van der Waals surface area contributed by atoms with E-state index < -0.39 is 24.2 Å². The topological polar surface area (TPSA) is 146 Å². The number of hydrogen-bond acceptors (Lipinski definition) is 10. The summed E-state index contributed by atoms with van der Waals surface area (Å²) in [6.45, 7) is 9.15. The standard InChI is InChI=1S/C27H37N5O5/c1-13(2)12-36-21-9-17-8-20(37-25(17)15(4)29-21)22-14(3)30-27(28-10-16-5-6-16)32-26(22)31-19-7-18(11-33)23(34)24(19)35/h8-9,13,16,18-19,23-24,33-35H,5-7,10-12H2,1-4H3,(H2,28,30,31,32)/t18-,19-,23-,24+/m1/s1. The molecule has 3 heterocycles. The monoisotopic (exact) mass is 511 g/mol. The van der Waals surface area contributed by atoms with Gasteiger partial charge in [0.15, 0.2) is 5.58 Å². The molecule has 3 aromatic heterocycles. The minimum absolute atomic E-state index is 0.197. The highest BCUT2D eigenvalue weighted by Crippen LogP contribution is 2.38. The van der Waals surface area contributed by atoms with Crippen molar-refractivity contribution in [3.63, 3.8) is 0 Å². The number of nitrogens with one attached hydrogen (secondary N) is 2. The normalized spacial score (nSPS) is 23.7. The van der Waals surface area contributed by atoms with Crippen LogP contribution < -0.4 is 15.4 Å². The minimum atomic E-state index is -1.04. The van der Waals surface area contributed by atoms with Crippen LogP contribution in [0.25, 0.3) is 22.3 Å². The van der Waals surface area contributed by atoms with Crippen LogP contribution in [0.2, 0.25) is 0 Å². The summed E-state index contributed by atoms with van der Waals surface area (Å²) in [4.78, 5) is 14.0. The number of anilines is 2. The lowest BCUT2D eigenvalue weighted by Crippen LogP contribution is -2.35. The molecule has 10 heteroatoms. The van der Waals surface area contributed by atoms with Gasteiger partial charge in [-0.1, -0.05) is 13.8 Å². The van der Waals surface area contributed by atoms with Gasteiger partial charge in [0.05, 0.1) is 35.7 Å². The lowest BCUT2D eigenvalue weighted by molar-refractivity contribution is 0.00446. The van der Waals surface area contributed by atoms with Crippen molar-refractivity contribution in [2.45, 2.75) is 65.2 Å². The molecule has 4 atom stereocenters. The van der Waals surface area contributed by atoms with E-state index in [9.17, 15) is 15.3 Å². The molecule has 5 N–H and O–H groups in total. The van der Waals surface area contributed by atoms with Crippen LogP contribution in [0.15, 0.2) is 16.5 Å². The largest absolute Gasteiger partial charge is 0.477 e. The first-order chi connectivity index (χ1) is 17.7. The fourth-order valence-corrected chi connectivity index (χ4v) is 4.86. The van der Waals surface area contributed by atoms with Crippen molar-refractivity contribution in [1.29, 1.82) is 0 Å². The van der Waals surface area contributed by atoms with Crippen molar-refractivity contribution in [3.8, 4) is 17.2 Å². The Hall–Kier alpha value is -2.95. The molecule has 0 radical (unpaired) electrons. The maximum absolute atomic E-state index is 10.6. The molecule has 200 valence electrons. The Kier molecular flexibility index (Phi) is 7.24. The molecule has 2 fully saturated rings. The number of furan rings is 1. The first kappa shape index (κ1) is 25.7. The molecule has 2 aliphatic carbocycles. The summed E-state index contributed by atoms with van der Waals surface area (Å²) >= 11 is 0. The second-order valence-electron chi connectivity index (χ2n) is 10.9. The zero-order chi connectivity index (χ0) is 26.3. The molecule has 0 aromatic carbocycles. The third-order valence-corrected chi connectivity index (χ3v) is 7.15. The lowest BCUT2D eigenvalue weighted by atomic mass is 10.1. The zero-order valence-corrected chi connectivity index (χ0v) is 21.9. The van der Waals surface area contributed by atoms with Crippen LogP contribution in [0.1, 0.15) is 44.5 Å². The number of aliphatic hydroxyl groups is 3. The summed E-state index contributed by atoms with van der Waals surface area (Å²) in [6, 6.07) is 3.31. The van der Waals surface area contributed by atoms with Crippen LogP contribution in [0.4, 0.5) is 11.8 Å². The summed E-state index contributed by atoms with van der Waals surface area (Å²) < 4.78 is 12.1. The van der Waals surface area contributed by atoms with Crippen molar-refractivity contribution in [2.24, 2.45) is 17.8 Å². The van der Waals surface area contributed by atoms with E-state index in [0.29, 0.717) is 65.1 Å². The average molecular weight is 512 g/mol. The Balaban J connectivity index is 1.52. The molecule has 3 aromatic rings. The van der Waals surface area contributed by atoms with E-state index in [2.05, 4.69) is 29.5 Å². The number of aryl methyl sites for hydroxylation is 2. The van der Waals surface area contributed by atoms with E-state index in [-0.39, 0.29) is 6.61 Å². The molecular formula is C27H37N5O5. The molecule has 0 amide bonds. The zero-order valence-electron chi connectivity index (χ0n) is 21.9. The number of pyridine rings is 1. The SMILES string of the molecule is Cc1nc(NCC2CC2)nc(N[C@@H]2C[C@H](CO)[C@@H](O)[C@H]2O)c1-c1cc2cc(OCC(C)C)nc(C)c2o1. The van der Waals surface area contributed by atoms with Crippen molar-refractivity contribution in [3.05, 3.63) is 23.5 Å². The lowest BCUT2D eigenvalue weighted by Gasteiger charge is -2.21. The second kappa shape index (κ2) is 10.4. The van der Waals surface area contributed by atoms with Crippen molar-refractivity contribution < 1.29 is 24.5 Å². The summed E-state index contributed by atoms with van der Waals surface area (Å²) in [5.74, 6) is 2.75. The third kappa shape index (κ3) is 5.51. The number of aromatic nitrogens is 3. The Morgan fingerprint density at radius 3 is 2.54 bits per heavy atom. The van der Waals surface area contributed by atoms with Crippen LogP contribution in [0, 0.1) is 31.6 Å². The van der Waals surface area contributed by atoms with Gasteiger partial charge >= 0.3 is 0 Å². The minimum Gasteiger partial charge on any atom is -0.477 e. The van der Waals surface area contributed by atoms with Crippen LogP contribution in [-0.2, 0) is 0 Å². The van der Waals surface area contributed by atoms with Gasteiger partial charge in [-0.25, -0.2) is 9.97 Å².